The normalized spacial score (nSPS) is 14.2. The number of para-hydroxylation sites is 1. The molecule has 3 aromatic carbocycles. The van der Waals surface area contributed by atoms with Crippen LogP contribution in [0.15, 0.2) is 71.6 Å². The summed E-state index contributed by atoms with van der Waals surface area (Å²) >= 11 is 6.28. The average Bonchev–Trinajstić information content (AvgIpc) is 2.86. The molecule has 1 saturated carbocycles. The van der Waals surface area contributed by atoms with E-state index >= 15 is 0 Å². The summed E-state index contributed by atoms with van der Waals surface area (Å²) in [6.07, 6.45) is 5.25. The smallest absolute Gasteiger partial charge is 0.261 e. The molecule has 0 bridgehead atoms. The fourth-order valence-electron chi connectivity index (χ4n) is 4.18. The molecule has 1 fully saturated rings. The second-order valence-electron chi connectivity index (χ2n) is 8.92. The number of anilines is 2. The van der Waals surface area contributed by atoms with E-state index in [1.807, 2.05) is 6.92 Å². The Labute approximate surface area is 216 Å². The van der Waals surface area contributed by atoms with Gasteiger partial charge in [-0.2, -0.15) is 0 Å². The highest BCUT2D eigenvalue weighted by atomic mass is 35.5. The first kappa shape index (κ1) is 25.7. The quantitative estimate of drug-likeness (QED) is 0.364. The lowest BCUT2D eigenvalue weighted by Crippen LogP contribution is -2.36. The molecule has 3 aromatic rings. The number of hydrogen-bond acceptors (Lipinski definition) is 4. The number of benzene rings is 3. The highest BCUT2D eigenvalue weighted by molar-refractivity contribution is 7.92. The minimum Gasteiger partial charge on any atom is -0.349 e. The van der Waals surface area contributed by atoms with Crippen LogP contribution in [-0.4, -0.2) is 26.3 Å². The molecule has 36 heavy (non-hydrogen) atoms. The molecule has 7 nitrogen and oxygen atoms in total. The number of amides is 2. The van der Waals surface area contributed by atoms with Crippen molar-refractivity contribution in [2.45, 2.75) is 50.0 Å². The second kappa shape index (κ2) is 11.1. The Hall–Kier alpha value is -3.36. The summed E-state index contributed by atoms with van der Waals surface area (Å²) < 4.78 is 28.0. The van der Waals surface area contributed by atoms with Gasteiger partial charge < -0.3 is 10.6 Å². The Morgan fingerprint density at radius 3 is 2.28 bits per heavy atom. The Balaban J connectivity index is 1.52. The van der Waals surface area contributed by atoms with Crippen molar-refractivity contribution in [2.75, 3.05) is 10.0 Å². The standard InChI is InChI=1S/C27H28ClN3O4S/c1-18-11-14-21(15-12-18)36(34,35)31-20-13-16-24(28)23(17-20)27(33)30-25-10-6-5-9-22(25)26(32)29-19-7-3-2-4-8-19/h5-6,9-17,19,31H,2-4,7-8H2,1H3,(H,29,32)(H,30,33). The minimum atomic E-state index is -3.85. The van der Waals surface area contributed by atoms with Gasteiger partial charge in [-0.3, -0.25) is 14.3 Å². The molecule has 0 radical (unpaired) electrons. The molecule has 1 aliphatic carbocycles. The van der Waals surface area contributed by atoms with Gasteiger partial charge in [-0.25, -0.2) is 8.42 Å². The Morgan fingerprint density at radius 2 is 1.56 bits per heavy atom. The summed E-state index contributed by atoms with van der Waals surface area (Å²) in [6, 6.07) is 17.6. The molecular formula is C27H28ClN3O4S. The molecular weight excluding hydrogens is 498 g/mol. The van der Waals surface area contributed by atoms with Crippen LogP contribution in [0.2, 0.25) is 5.02 Å². The minimum absolute atomic E-state index is 0.0725. The summed E-state index contributed by atoms with van der Waals surface area (Å²) in [5.74, 6) is -0.808. The summed E-state index contributed by atoms with van der Waals surface area (Å²) in [4.78, 5) is 26.1. The van der Waals surface area contributed by atoms with Gasteiger partial charge in [-0.15, -0.1) is 0 Å². The molecule has 9 heteroatoms. The number of nitrogens with one attached hydrogen (secondary N) is 3. The van der Waals surface area contributed by atoms with Crippen molar-refractivity contribution in [1.29, 1.82) is 0 Å². The lowest BCUT2D eigenvalue weighted by Gasteiger charge is -2.23. The molecule has 0 unspecified atom stereocenters. The van der Waals surface area contributed by atoms with Crippen LogP contribution in [0.25, 0.3) is 0 Å². The van der Waals surface area contributed by atoms with E-state index in [1.165, 1.54) is 36.8 Å². The van der Waals surface area contributed by atoms with E-state index < -0.39 is 15.9 Å². The van der Waals surface area contributed by atoms with Gasteiger partial charge in [0.25, 0.3) is 21.8 Å². The van der Waals surface area contributed by atoms with E-state index in [1.54, 1.807) is 36.4 Å². The lowest BCUT2D eigenvalue weighted by molar-refractivity contribution is 0.0928. The van der Waals surface area contributed by atoms with Gasteiger partial charge in [0.1, 0.15) is 0 Å². The molecule has 188 valence electrons. The first-order chi connectivity index (χ1) is 17.2. The number of halogens is 1. The molecule has 0 aromatic heterocycles. The topological polar surface area (TPSA) is 104 Å². The Kier molecular flexibility index (Phi) is 7.96. The zero-order valence-corrected chi connectivity index (χ0v) is 21.5. The molecule has 0 saturated heterocycles. The van der Waals surface area contributed by atoms with Crippen molar-refractivity contribution in [2.24, 2.45) is 0 Å². The third kappa shape index (κ3) is 6.25. The van der Waals surface area contributed by atoms with Crippen LogP contribution in [0.4, 0.5) is 11.4 Å². The molecule has 0 aliphatic heterocycles. The van der Waals surface area contributed by atoms with Crippen LogP contribution in [0.5, 0.6) is 0 Å². The summed E-state index contributed by atoms with van der Waals surface area (Å²) in [6.45, 7) is 1.87. The monoisotopic (exact) mass is 525 g/mol. The van der Waals surface area contributed by atoms with E-state index in [4.69, 9.17) is 11.6 Å². The van der Waals surface area contributed by atoms with Gasteiger partial charge in [-0.1, -0.05) is 60.7 Å². The molecule has 0 spiro atoms. The summed E-state index contributed by atoms with van der Waals surface area (Å²) in [7, 11) is -3.85. The number of carbonyl (C=O) groups excluding carboxylic acids is 2. The van der Waals surface area contributed by atoms with E-state index in [0.29, 0.717) is 11.3 Å². The number of aryl methyl sites for hydroxylation is 1. The third-order valence-electron chi connectivity index (χ3n) is 6.15. The van der Waals surface area contributed by atoms with Crippen LogP contribution in [0.1, 0.15) is 58.4 Å². The van der Waals surface area contributed by atoms with Crippen molar-refractivity contribution in [3.63, 3.8) is 0 Å². The number of rotatable bonds is 7. The predicted molar refractivity (Wildman–Crippen MR) is 142 cm³/mol. The summed E-state index contributed by atoms with van der Waals surface area (Å²) in [5.41, 5.74) is 1.89. The molecule has 4 rings (SSSR count). The first-order valence-electron chi connectivity index (χ1n) is 11.8. The van der Waals surface area contributed by atoms with Gasteiger partial charge in [0, 0.05) is 11.7 Å². The highest BCUT2D eigenvalue weighted by Crippen LogP contribution is 2.25. The fraction of sp³-hybridized carbons (Fsp3) is 0.259. The average molecular weight is 526 g/mol. The molecule has 3 N–H and O–H groups in total. The zero-order chi connectivity index (χ0) is 25.7. The predicted octanol–water partition coefficient (Wildman–Crippen LogP) is 5.76. The van der Waals surface area contributed by atoms with Gasteiger partial charge in [0.2, 0.25) is 0 Å². The first-order valence-corrected chi connectivity index (χ1v) is 13.7. The molecule has 0 heterocycles. The molecule has 0 atom stereocenters. The van der Waals surface area contributed by atoms with Gasteiger partial charge in [0.15, 0.2) is 0 Å². The van der Waals surface area contributed by atoms with Gasteiger partial charge in [-0.05, 0) is 62.2 Å². The van der Waals surface area contributed by atoms with Gasteiger partial charge in [0.05, 0.1) is 26.7 Å². The van der Waals surface area contributed by atoms with E-state index in [0.717, 1.165) is 31.2 Å². The van der Waals surface area contributed by atoms with Crippen molar-refractivity contribution in [3.05, 3.63) is 88.4 Å². The van der Waals surface area contributed by atoms with Crippen LogP contribution in [-0.2, 0) is 10.0 Å². The van der Waals surface area contributed by atoms with E-state index in [-0.39, 0.29) is 33.1 Å². The van der Waals surface area contributed by atoms with Crippen molar-refractivity contribution < 1.29 is 18.0 Å². The van der Waals surface area contributed by atoms with Crippen molar-refractivity contribution in [1.82, 2.24) is 5.32 Å². The maximum atomic E-state index is 13.1. The van der Waals surface area contributed by atoms with E-state index in [2.05, 4.69) is 15.4 Å². The Bertz CT molecular complexity index is 1370. The number of carbonyl (C=O) groups is 2. The molecule has 1 aliphatic rings. The van der Waals surface area contributed by atoms with Crippen LogP contribution in [0, 0.1) is 6.92 Å². The fourth-order valence-corrected chi connectivity index (χ4v) is 5.44. The maximum Gasteiger partial charge on any atom is 0.261 e. The van der Waals surface area contributed by atoms with Gasteiger partial charge >= 0.3 is 0 Å². The van der Waals surface area contributed by atoms with E-state index in [9.17, 15) is 18.0 Å². The zero-order valence-electron chi connectivity index (χ0n) is 19.9. The highest BCUT2D eigenvalue weighted by Gasteiger charge is 2.21. The maximum absolute atomic E-state index is 13.1. The van der Waals surface area contributed by atoms with Crippen molar-refractivity contribution >= 4 is 44.8 Å². The lowest BCUT2D eigenvalue weighted by atomic mass is 9.95. The van der Waals surface area contributed by atoms with Crippen LogP contribution >= 0.6 is 11.6 Å². The SMILES string of the molecule is Cc1ccc(S(=O)(=O)Nc2ccc(Cl)c(C(=O)Nc3ccccc3C(=O)NC3CCCCC3)c2)cc1. The summed E-state index contributed by atoms with van der Waals surface area (Å²) in [5, 5.41) is 5.96. The number of sulfonamides is 1. The van der Waals surface area contributed by atoms with Crippen LogP contribution in [0.3, 0.4) is 0 Å². The largest absolute Gasteiger partial charge is 0.349 e. The number of hydrogen-bond donors (Lipinski definition) is 3. The van der Waals surface area contributed by atoms with Crippen LogP contribution < -0.4 is 15.4 Å². The third-order valence-corrected chi connectivity index (χ3v) is 7.88. The second-order valence-corrected chi connectivity index (χ2v) is 11.0. The molecule has 2 amide bonds. The van der Waals surface area contributed by atoms with Crippen molar-refractivity contribution in [3.8, 4) is 0 Å². The Morgan fingerprint density at radius 1 is 0.861 bits per heavy atom.